The molecule has 4 heterocycles. The summed E-state index contributed by atoms with van der Waals surface area (Å²) in [4.78, 5) is 28.9. The van der Waals surface area contributed by atoms with E-state index in [1.807, 2.05) is 37.4 Å². The van der Waals surface area contributed by atoms with Crippen molar-refractivity contribution in [3.63, 3.8) is 0 Å². The van der Waals surface area contributed by atoms with Gasteiger partial charge in [-0.2, -0.15) is 10.2 Å². The van der Waals surface area contributed by atoms with E-state index in [4.69, 9.17) is 0 Å². The molecule has 0 bridgehead atoms. The molecule has 212 valence electrons. The van der Waals surface area contributed by atoms with Gasteiger partial charge in [0.1, 0.15) is 11.5 Å². The molecule has 2 aromatic heterocycles. The molecular weight excluding hydrogens is 545 g/mol. The second-order valence-corrected chi connectivity index (χ2v) is 12.2. The lowest BCUT2D eigenvalue weighted by atomic mass is 9.97. The van der Waals surface area contributed by atoms with Crippen molar-refractivity contribution in [3.8, 4) is 11.3 Å². The Morgan fingerprint density at radius 1 is 1.24 bits per heavy atom. The fourth-order valence-corrected chi connectivity index (χ4v) is 6.58. The molecule has 2 aliphatic heterocycles. The number of benzene rings is 2. The topological polar surface area (TPSA) is 128 Å². The van der Waals surface area contributed by atoms with E-state index in [0.717, 1.165) is 16.2 Å². The first-order chi connectivity index (χ1) is 19.6. The number of halogens is 1. The number of β-amino-alcohol motifs (C(OH)–C–C–N with tert-alkyl or cyclic N) is 1. The van der Waals surface area contributed by atoms with Gasteiger partial charge >= 0.3 is 0 Å². The van der Waals surface area contributed by atoms with Crippen LogP contribution in [-0.4, -0.2) is 59.8 Å². The molecule has 1 amide bonds. The Balaban J connectivity index is 1.21. The minimum Gasteiger partial charge on any atom is -0.388 e. The molecule has 0 spiro atoms. The molecule has 1 atom stereocenters. The van der Waals surface area contributed by atoms with Gasteiger partial charge in [0.25, 0.3) is 5.56 Å². The molecular formula is C29H30FN7O3S. The molecule has 1 fully saturated rings. The minimum atomic E-state index is -0.664. The van der Waals surface area contributed by atoms with E-state index in [0.29, 0.717) is 48.7 Å². The highest BCUT2D eigenvalue weighted by Gasteiger charge is 2.36. The summed E-state index contributed by atoms with van der Waals surface area (Å²) >= 11 is 1.47. The zero-order valence-electron chi connectivity index (χ0n) is 22.9. The van der Waals surface area contributed by atoms with Crippen LogP contribution < -0.4 is 16.2 Å². The van der Waals surface area contributed by atoms with Crippen LogP contribution in [0.15, 0.2) is 58.2 Å². The summed E-state index contributed by atoms with van der Waals surface area (Å²) in [7, 11) is 1.82. The van der Waals surface area contributed by atoms with Gasteiger partial charge in [-0.1, -0.05) is 18.2 Å². The Morgan fingerprint density at radius 3 is 2.78 bits per heavy atom. The van der Waals surface area contributed by atoms with E-state index in [-0.39, 0.29) is 22.5 Å². The van der Waals surface area contributed by atoms with Gasteiger partial charge in [0.05, 0.1) is 27.9 Å². The molecule has 0 radical (unpaired) electrons. The molecule has 0 saturated carbocycles. The number of nitrogens with one attached hydrogen (secondary N) is 3. The van der Waals surface area contributed by atoms with Gasteiger partial charge < -0.3 is 15.7 Å². The highest BCUT2D eigenvalue weighted by atomic mass is 32.2. The van der Waals surface area contributed by atoms with E-state index in [1.54, 1.807) is 30.7 Å². The van der Waals surface area contributed by atoms with Crippen molar-refractivity contribution in [1.82, 2.24) is 24.9 Å². The number of aromatic amines is 1. The van der Waals surface area contributed by atoms with Crippen LogP contribution in [0.25, 0.3) is 11.3 Å². The van der Waals surface area contributed by atoms with Gasteiger partial charge in [0.2, 0.25) is 5.91 Å². The zero-order valence-corrected chi connectivity index (χ0v) is 23.7. The van der Waals surface area contributed by atoms with Crippen LogP contribution in [-0.2, 0) is 24.8 Å². The molecule has 12 heteroatoms. The number of amides is 1. The summed E-state index contributed by atoms with van der Waals surface area (Å²) < 4.78 is 16.7. The molecule has 2 aromatic carbocycles. The first kappa shape index (κ1) is 27.2. The maximum absolute atomic E-state index is 15.0. The van der Waals surface area contributed by atoms with E-state index < -0.39 is 17.0 Å². The lowest BCUT2D eigenvalue weighted by Gasteiger charge is -2.44. The normalized spacial score (nSPS) is 17.6. The Kier molecular flexibility index (Phi) is 6.92. The molecule has 4 aromatic rings. The molecule has 10 nitrogen and oxygen atoms in total. The number of fused-ring (bicyclic) bond motifs is 1. The Hall–Kier alpha value is -4.00. The maximum atomic E-state index is 15.0. The van der Waals surface area contributed by atoms with E-state index in [9.17, 15) is 19.1 Å². The van der Waals surface area contributed by atoms with Gasteiger partial charge in [-0.15, -0.1) is 11.8 Å². The highest BCUT2D eigenvalue weighted by Crippen LogP contribution is 2.38. The largest absolute Gasteiger partial charge is 0.388 e. The molecule has 2 aliphatic rings. The smallest absolute Gasteiger partial charge is 0.287 e. The summed E-state index contributed by atoms with van der Waals surface area (Å²) in [5.74, 6) is -0.334. The van der Waals surface area contributed by atoms with Crippen molar-refractivity contribution >= 4 is 34.9 Å². The predicted octanol–water partition coefficient (Wildman–Crippen LogP) is 3.58. The van der Waals surface area contributed by atoms with Gasteiger partial charge in [0.15, 0.2) is 5.82 Å². The third-order valence-electron chi connectivity index (χ3n) is 7.44. The van der Waals surface area contributed by atoms with Crippen molar-refractivity contribution in [2.75, 3.05) is 23.7 Å². The number of H-pyrrole nitrogens is 1. The Bertz CT molecular complexity index is 1680. The SMILES string of the molecule is Cc1c(-c2cc(Nc3cc(CN4CC(C)(O)C4)n(C)n3)c(=O)[nH]n2)ccc(F)c1NC(=O)C1Cc2ccccc2S1. The summed E-state index contributed by atoms with van der Waals surface area (Å²) in [5.41, 5.74) is 2.70. The van der Waals surface area contributed by atoms with Gasteiger partial charge in [-0.05, 0) is 55.7 Å². The number of likely N-dealkylation sites (tertiary alicyclic amines) is 1. The van der Waals surface area contributed by atoms with Crippen LogP contribution in [0.4, 0.5) is 21.6 Å². The molecule has 1 unspecified atom stereocenters. The third-order valence-corrected chi connectivity index (χ3v) is 8.75. The van der Waals surface area contributed by atoms with E-state index in [2.05, 4.69) is 30.8 Å². The lowest BCUT2D eigenvalue weighted by Crippen LogP contribution is -2.59. The van der Waals surface area contributed by atoms with Crippen LogP contribution in [0.2, 0.25) is 0 Å². The van der Waals surface area contributed by atoms with Crippen molar-refractivity contribution < 1.29 is 14.3 Å². The zero-order chi connectivity index (χ0) is 28.9. The third kappa shape index (κ3) is 5.50. The number of nitrogens with zero attached hydrogens (tertiary/aromatic N) is 4. The van der Waals surface area contributed by atoms with Crippen LogP contribution in [0, 0.1) is 12.7 Å². The average molecular weight is 576 g/mol. The monoisotopic (exact) mass is 575 g/mol. The highest BCUT2D eigenvalue weighted by molar-refractivity contribution is 8.01. The Morgan fingerprint density at radius 2 is 2.02 bits per heavy atom. The minimum absolute atomic E-state index is 0.0888. The lowest BCUT2D eigenvalue weighted by molar-refractivity contribution is -0.115. The molecule has 0 aliphatic carbocycles. The van der Waals surface area contributed by atoms with Crippen LogP contribution in [0.5, 0.6) is 0 Å². The second-order valence-electron chi connectivity index (χ2n) is 10.9. The number of aromatic nitrogens is 4. The van der Waals surface area contributed by atoms with Gasteiger partial charge in [-0.25, -0.2) is 9.49 Å². The predicted molar refractivity (Wildman–Crippen MR) is 156 cm³/mol. The molecule has 1 saturated heterocycles. The molecule has 4 N–H and O–H groups in total. The number of aryl methyl sites for hydroxylation is 1. The van der Waals surface area contributed by atoms with Gasteiger partial charge in [-0.3, -0.25) is 19.2 Å². The number of aliphatic hydroxyl groups is 1. The first-order valence-electron chi connectivity index (χ1n) is 13.3. The van der Waals surface area contributed by atoms with Crippen LogP contribution >= 0.6 is 11.8 Å². The summed E-state index contributed by atoms with van der Waals surface area (Å²) in [6.07, 6.45) is 0.581. The van der Waals surface area contributed by atoms with Crippen molar-refractivity contribution in [1.29, 1.82) is 0 Å². The first-order valence-corrected chi connectivity index (χ1v) is 14.1. The van der Waals surface area contributed by atoms with Crippen molar-refractivity contribution in [3.05, 3.63) is 81.5 Å². The summed E-state index contributed by atoms with van der Waals surface area (Å²) in [5, 5.41) is 26.7. The Labute approximate surface area is 240 Å². The van der Waals surface area contributed by atoms with E-state index in [1.165, 1.54) is 17.8 Å². The summed E-state index contributed by atoms with van der Waals surface area (Å²) in [6.45, 7) is 5.30. The fourth-order valence-electron chi connectivity index (χ4n) is 5.39. The molecule has 41 heavy (non-hydrogen) atoms. The van der Waals surface area contributed by atoms with Gasteiger partial charge in [0, 0.05) is 43.2 Å². The van der Waals surface area contributed by atoms with Crippen molar-refractivity contribution in [2.45, 2.75) is 42.6 Å². The average Bonchev–Trinajstić information content (AvgIpc) is 3.50. The van der Waals surface area contributed by atoms with Crippen molar-refractivity contribution in [2.24, 2.45) is 7.05 Å². The summed E-state index contributed by atoms with van der Waals surface area (Å²) in [6, 6.07) is 14.2. The fraction of sp³-hybridized carbons (Fsp3) is 0.310. The number of hydrogen-bond acceptors (Lipinski definition) is 8. The standard InChI is InChI=1S/C29H30FN7O3S/c1-16-19(8-9-20(30)26(16)32-28(39)24-10-17-6-4-5-7-23(17)41-24)21-12-22(27(38)34-33-21)31-25-11-18(36(3)35-25)13-37-14-29(2,40)15-37/h4-9,11-12,24,40H,10,13-15H2,1-3H3,(H,32,39)(H,34,38)(H,31,33,35). The number of anilines is 3. The number of hydrogen-bond donors (Lipinski definition) is 4. The maximum Gasteiger partial charge on any atom is 0.287 e. The van der Waals surface area contributed by atoms with Crippen LogP contribution in [0.3, 0.4) is 0 Å². The number of rotatable bonds is 7. The number of carbonyl (C=O) groups excluding carboxylic acids is 1. The van der Waals surface area contributed by atoms with E-state index >= 15 is 0 Å². The molecule has 6 rings (SSSR count). The number of thioether (sulfide) groups is 1. The van der Waals surface area contributed by atoms with Crippen LogP contribution in [0.1, 0.15) is 23.7 Å². The number of carbonyl (C=O) groups is 1. The quantitative estimate of drug-likeness (QED) is 0.263. The second kappa shape index (κ2) is 10.4.